The molecule has 6 nitrogen and oxygen atoms in total. The summed E-state index contributed by atoms with van der Waals surface area (Å²) in [5, 5.41) is 30.2. The lowest BCUT2D eigenvalue weighted by Gasteiger charge is -2.31. The minimum atomic E-state index is -0.680. The highest BCUT2D eigenvalue weighted by molar-refractivity contribution is 6.32. The number of halogens is 2. The van der Waals surface area contributed by atoms with Gasteiger partial charge in [-0.1, -0.05) is 23.7 Å². The van der Waals surface area contributed by atoms with E-state index in [1.807, 2.05) is 4.90 Å². The molecule has 1 aliphatic heterocycles. The summed E-state index contributed by atoms with van der Waals surface area (Å²) < 4.78 is 14.4. The summed E-state index contributed by atoms with van der Waals surface area (Å²) in [5.74, 6) is -0.349. The summed E-state index contributed by atoms with van der Waals surface area (Å²) >= 11 is 5.93. The molecule has 1 aromatic heterocycles. The van der Waals surface area contributed by atoms with Gasteiger partial charge in [0.25, 0.3) is 0 Å². The molecule has 0 radical (unpaired) electrons. The maximum absolute atomic E-state index is 14.4. The van der Waals surface area contributed by atoms with E-state index in [1.54, 1.807) is 24.3 Å². The second-order valence-electron chi connectivity index (χ2n) is 7.52. The van der Waals surface area contributed by atoms with Crippen LogP contribution in [0.15, 0.2) is 42.5 Å². The summed E-state index contributed by atoms with van der Waals surface area (Å²) in [6.07, 6.45) is 1.60. The van der Waals surface area contributed by atoms with Crippen LogP contribution in [0.3, 0.4) is 0 Å². The average Bonchev–Trinajstić information content (AvgIpc) is 2.75. The highest BCUT2D eigenvalue weighted by Gasteiger charge is 2.23. The number of nitriles is 1. The SMILES string of the molecule is N#Cc1ccc(-c2nc(N3CCC(N)CC3)cc(O)c2-c2ccc(Cl)c(O)c2)cc1F. The Labute approximate surface area is 183 Å². The minimum absolute atomic E-state index is 0.0682. The van der Waals surface area contributed by atoms with Crippen LogP contribution in [0.1, 0.15) is 18.4 Å². The zero-order valence-corrected chi connectivity index (χ0v) is 17.3. The van der Waals surface area contributed by atoms with Gasteiger partial charge in [-0.2, -0.15) is 5.26 Å². The second-order valence-corrected chi connectivity index (χ2v) is 7.93. The first-order valence-electron chi connectivity index (χ1n) is 9.81. The standard InChI is InChI=1S/C23H20ClFN4O2/c24-17-4-3-13(10-19(17)30)22-20(31)11-21(29-7-5-16(27)6-8-29)28-23(22)14-1-2-15(12-26)18(25)9-14/h1-4,9-11,16,30H,5-8,27H2,(H,28,31). The molecule has 0 spiro atoms. The Kier molecular flexibility index (Phi) is 5.68. The molecule has 4 rings (SSSR count). The molecule has 3 aromatic rings. The van der Waals surface area contributed by atoms with E-state index in [-0.39, 0.29) is 28.1 Å². The number of phenolic OH excluding ortho intramolecular Hbond substituents is 1. The smallest absolute Gasteiger partial charge is 0.141 e. The van der Waals surface area contributed by atoms with E-state index in [0.29, 0.717) is 41.3 Å². The molecule has 0 saturated carbocycles. The van der Waals surface area contributed by atoms with Crippen LogP contribution in [0.25, 0.3) is 22.4 Å². The van der Waals surface area contributed by atoms with Gasteiger partial charge in [0, 0.05) is 30.8 Å². The molecule has 4 N–H and O–H groups in total. The first-order valence-corrected chi connectivity index (χ1v) is 10.2. The van der Waals surface area contributed by atoms with Crippen molar-refractivity contribution in [2.45, 2.75) is 18.9 Å². The summed E-state index contributed by atoms with van der Waals surface area (Å²) in [5.41, 5.74) is 7.44. The van der Waals surface area contributed by atoms with Crippen molar-refractivity contribution in [2.75, 3.05) is 18.0 Å². The number of phenols is 1. The summed E-state index contributed by atoms with van der Waals surface area (Å²) in [6, 6.07) is 12.2. The second kappa shape index (κ2) is 8.42. The zero-order valence-electron chi connectivity index (χ0n) is 16.5. The van der Waals surface area contributed by atoms with Crippen LogP contribution in [0, 0.1) is 17.1 Å². The van der Waals surface area contributed by atoms with E-state index in [1.165, 1.54) is 24.3 Å². The molecule has 0 unspecified atom stereocenters. The molecule has 0 aliphatic carbocycles. The molecule has 8 heteroatoms. The Balaban J connectivity index is 1.90. The van der Waals surface area contributed by atoms with Crippen molar-refractivity contribution in [2.24, 2.45) is 5.73 Å². The predicted octanol–water partition coefficient (Wildman–Crippen LogP) is 4.42. The summed E-state index contributed by atoms with van der Waals surface area (Å²) in [7, 11) is 0. The van der Waals surface area contributed by atoms with Gasteiger partial charge in [0.05, 0.1) is 21.8 Å². The highest BCUT2D eigenvalue weighted by atomic mass is 35.5. The van der Waals surface area contributed by atoms with Crippen molar-refractivity contribution < 1.29 is 14.6 Å². The molecule has 0 bridgehead atoms. The number of nitrogens with zero attached hydrogens (tertiary/aromatic N) is 3. The third-order valence-corrected chi connectivity index (χ3v) is 5.77. The lowest BCUT2D eigenvalue weighted by Crippen LogP contribution is -2.40. The number of nitrogens with two attached hydrogens (primary N) is 1. The predicted molar refractivity (Wildman–Crippen MR) is 118 cm³/mol. The van der Waals surface area contributed by atoms with Gasteiger partial charge in [-0.3, -0.25) is 0 Å². The van der Waals surface area contributed by atoms with E-state index < -0.39 is 5.82 Å². The van der Waals surface area contributed by atoms with E-state index in [0.717, 1.165) is 12.8 Å². The Morgan fingerprint density at radius 1 is 1.06 bits per heavy atom. The van der Waals surface area contributed by atoms with Crippen LogP contribution in [0.2, 0.25) is 5.02 Å². The van der Waals surface area contributed by atoms with Crippen molar-refractivity contribution in [3.05, 3.63) is 58.9 Å². The molecule has 158 valence electrons. The molecule has 1 saturated heterocycles. The number of hydrogen-bond acceptors (Lipinski definition) is 6. The normalized spacial score (nSPS) is 14.5. The third-order valence-electron chi connectivity index (χ3n) is 5.45. The summed E-state index contributed by atoms with van der Waals surface area (Å²) in [4.78, 5) is 6.76. The lowest BCUT2D eigenvalue weighted by molar-refractivity contribution is 0.472. The quantitative estimate of drug-likeness (QED) is 0.559. The van der Waals surface area contributed by atoms with Crippen molar-refractivity contribution in [1.82, 2.24) is 4.98 Å². The zero-order chi connectivity index (χ0) is 22.1. The first-order chi connectivity index (χ1) is 14.9. The number of pyridine rings is 1. The highest BCUT2D eigenvalue weighted by Crippen LogP contribution is 2.42. The first kappa shape index (κ1) is 20.9. The van der Waals surface area contributed by atoms with Crippen molar-refractivity contribution >= 4 is 17.4 Å². The number of hydrogen-bond donors (Lipinski definition) is 3. The fourth-order valence-corrected chi connectivity index (χ4v) is 3.84. The van der Waals surface area contributed by atoms with E-state index in [9.17, 15) is 14.6 Å². The number of anilines is 1. The van der Waals surface area contributed by atoms with Gasteiger partial charge in [0.1, 0.15) is 29.2 Å². The molecular weight excluding hydrogens is 419 g/mol. The molecular formula is C23H20ClFN4O2. The Morgan fingerprint density at radius 2 is 1.77 bits per heavy atom. The van der Waals surface area contributed by atoms with Gasteiger partial charge in [-0.25, -0.2) is 9.37 Å². The van der Waals surface area contributed by atoms with Crippen molar-refractivity contribution in [1.29, 1.82) is 5.26 Å². The minimum Gasteiger partial charge on any atom is -0.507 e. The van der Waals surface area contributed by atoms with Crippen molar-refractivity contribution in [3.8, 4) is 40.0 Å². The molecule has 2 heterocycles. The number of benzene rings is 2. The summed E-state index contributed by atoms with van der Waals surface area (Å²) in [6.45, 7) is 1.38. The van der Waals surface area contributed by atoms with E-state index >= 15 is 0 Å². The molecule has 2 aromatic carbocycles. The van der Waals surface area contributed by atoms with Gasteiger partial charge in [0.15, 0.2) is 0 Å². The maximum Gasteiger partial charge on any atom is 0.141 e. The lowest BCUT2D eigenvalue weighted by atomic mass is 9.97. The van der Waals surface area contributed by atoms with Crippen molar-refractivity contribution in [3.63, 3.8) is 0 Å². The molecule has 0 amide bonds. The van der Waals surface area contributed by atoms with E-state index in [4.69, 9.17) is 27.6 Å². The number of rotatable bonds is 3. The fraction of sp³-hybridized carbons (Fsp3) is 0.217. The molecule has 1 aliphatic rings. The number of aromatic nitrogens is 1. The molecule has 1 fully saturated rings. The van der Waals surface area contributed by atoms with Crippen LogP contribution in [0.4, 0.5) is 10.2 Å². The monoisotopic (exact) mass is 438 g/mol. The van der Waals surface area contributed by atoms with Crippen LogP contribution in [-0.2, 0) is 0 Å². The largest absolute Gasteiger partial charge is 0.507 e. The topological polar surface area (TPSA) is 106 Å². The van der Waals surface area contributed by atoms with Crippen LogP contribution >= 0.6 is 11.6 Å². The van der Waals surface area contributed by atoms with Crippen LogP contribution in [0.5, 0.6) is 11.5 Å². The number of aromatic hydroxyl groups is 2. The maximum atomic E-state index is 14.4. The van der Waals surface area contributed by atoms with Gasteiger partial charge in [-0.15, -0.1) is 0 Å². The number of piperidine rings is 1. The fourth-order valence-electron chi connectivity index (χ4n) is 3.72. The molecule has 0 atom stereocenters. The van der Waals surface area contributed by atoms with Crippen LogP contribution < -0.4 is 10.6 Å². The van der Waals surface area contributed by atoms with Gasteiger partial charge < -0.3 is 20.8 Å². The average molecular weight is 439 g/mol. The van der Waals surface area contributed by atoms with Gasteiger partial charge >= 0.3 is 0 Å². The molecule has 31 heavy (non-hydrogen) atoms. The Hall–Kier alpha value is -3.34. The Morgan fingerprint density at radius 3 is 2.42 bits per heavy atom. The van der Waals surface area contributed by atoms with Gasteiger partial charge in [-0.05, 0) is 42.7 Å². The van der Waals surface area contributed by atoms with Crippen LogP contribution in [-0.4, -0.2) is 34.3 Å². The third kappa shape index (κ3) is 4.13. The Bertz CT molecular complexity index is 1190. The van der Waals surface area contributed by atoms with E-state index in [2.05, 4.69) is 0 Å². The van der Waals surface area contributed by atoms with Gasteiger partial charge in [0.2, 0.25) is 0 Å².